The lowest BCUT2D eigenvalue weighted by Gasteiger charge is -2.15. The Morgan fingerprint density at radius 2 is 2.27 bits per heavy atom. The molecule has 0 saturated heterocycles. The van der Waals surface area contributed by atoms with Gasteiger partial charge in [-0.1, -0.05) is 13.8 Å². The van der Waals surface area contributed by atoms with Crippen LogP contribution in [0.5, 0.6) is 0 Å². The zero-order chi connectivity index (χ0) is 11.3. The lowest BCUT2D eigenvalue weighted by atomic mass is 10.2. The van der Waals surface area contributed by atoms with Gasteiger partial charge in [-0.05, 0) is 19.4 Å². The molecule has 0 aliphatic heterocycles. The summed E-state index contributed by atoms with van der Waals surface area (Å²) in [5, 5.41) is 7.43. The number of hydrogen-bond acceptors (Lipinski definition) is 3. The molecule has 1 aromatic heterocycles. The second-order valence-corrected chi connectivity index (χ2v) is 3.77. The van der Waals surface area contributed by atoms with Gasteiger partial charge in [0.25, 0.3) is 0 Å². The van der Waals surface area contributed by atoms with Crippen LogP contribution in [-0.2, 0) is 13.6 Å². The smallest absolute Gasteiger partial charge is 0.312 e. The van der Waals surface area contributed by atoms with Gasteiger partial charge in [-0.3, -0.25) is 4.57 Å². The molecule has 1 unspecified atom stereocenters. The van der Waals surface area contributed by atoms with Crippen molar-refractivity contribution in [3.05, 3.63) is 16.8 Å². The summed E-state index contributed by atoms with van der Waals surface area (Å²) in [6.07, 6.45) is 3.66. The van der Waals surface area contributed by atoms with Crippen LogP contribution in [0.15, 0.2) is 11.1 Å². The highest BCUT2D eigenvalue weighted by atomic mass is 16.2. The summed E-state index contributed by atoms with van der Waals surface area (Å²) in [5.41, 5.74) is -0.0493. The average Bonchev–Trinajstić information content (AvgIpc) is 2.55. The zero-order valence-electron chi connectivity index (χ0n) is 9.73. The molecular weight excluding hydrogens is 192 g/mol. The Labute approximate surface area is 90.1 Å². The van der Waals surface area contributed by atoms with Crippen molar-refractivity contribution in [2.75, 3.05) is 6.54 Å². The minimum Gasteiger partial charge on any atom is -0.312 e. The highest BCUT2D eigenvalue weighted by molar-refractivity contribution is 4.70. The largest absolute Gasteiger partial charge is 0.345 e. The molecule has 0 saturated carbocycles. The van der Waals surface area contributed by atoms with E-state index in [4.69, 9.17) is 0 Å². The molecule has 0 aromatic carbocycles. The first-order valence-corrected chi connectivity index (χ1v) is 5.50. The summed E-state index contributed by atoms with van der Waals surface area (Å²) in [5.74, 6) is 0. The number of nitrogens with zero attached hydrogens (tertiary/aromatic N) is 3. The van der Waals surface area contributed by atoms with E-state index < -0.39 is 0 Å². The molecule has 1 atom stereocenters. The molecule has 1 heterocycles. The van der Waals surface area contributed by atoms with Crippen molar-refractivity contribution in [2.45, 2.75) is 39.3 Å². The lowest BCUT2D eigenvalue weighted by molar-refractivity contribution is 0.408. The van der Waals surface area contributed by atoms with Gasteiger partial charge in [0.2, 0.25) is 0 Å². The van der Waals surface area contributed by atoms with Crippen molar-refractivity contribution in [1.82, 2.24) is 19.7 Å². The van der Waals surface area contributed by atoms with E-state index in [1.54, 1.807) is 13.4 Å². The predicted octanol–water partition coefficient (Wildman–Crippen LogP) is 0.360. The number of nitrogens with one attached hydrogen (secondary N) is 1. The maximum Gasteiger partial charge on any atom is 0.345 e. The maximum absolute atomic E-state index is 11.5. The molecule has 0 radical (unpaired) electrons. The Morgan fingerprint density at radius 1 is 1.53 bits per heavy atom. The molecule has 1 aromatic rings. The number of aromatic nitrogens is 3. The summed E-state index contributed by atoms with van der Waals surface area (Å²) >= 11 is 0. The van der Waals surface area contributed by atoms with Crippen molar-refractivity contribution >= 4 is 0 Å². The third kappa shape index (κ3) is 3.20. The second-order valence-electron chi connectivity index (χ2n) is 3.77. The molecule has 15 heavy (non-hydrogen) atoms. The fourth-order valence-electron chi connectivity index (χ4n) is 1.44. The first kappa shape index (κ1) is 12.0. The van der Waals surface area contributed by atoms with Gasteiger partial charge >= 0.3 is 5.69 Å². The van der Waals surface area contributed by atoms with Crippen LogP contribution >= 0.6 is 0 Å². The molecule has 0 amide bonds. The third-order valence-electron chi connectivity index (χ3n) is 2.46. The van der Waals surface area contributed by atoms with Crippen LogP contribution in [0.25, 0.3) is 0 Å². The monoisotopic (exact) mass is 212 g/mol. The van der Waals surface area contributed by atoms with Crippen LogP contribution in [0.3, 0.4) is 0 Å². The Morgan fingerprint density at radius 3 is 2.73 bits per heavy atom. The minimum atomic E-state index is -0.0493. The average molecular weight is 212 g/mol. The van der Waals surface area contributed by atoms with Crippen molar-refractivity contribution < 1.29 is 0 Å². The second kappa shape index (κ2) is 5.70. The van der Waals surface area contributed by atoms with E-state index in [0.29, 0.717) is 12.6 Å². The van der Waals surface area contributed by atoms with Gasteiger partial charge in [-0.2, -0.15) is 5.10 Å². The molecular formula is C10H20N4O. The zero-order valence-corrected chi connectivity index (χ0v) is 9.73. The van der Waals surface area contributed by atoms with Crippen LogP contribution in [0, 0.1) is 0 Å². The van der Waals surface area contributed by atoms with Gasteiger partial charge in [-0.15, -0.1) is 0 Å². The number of rotatable bonds is 6. The van der Waals surface area contributed by atoms with Gasteiger partial charge in [0.1, 0.15) is 6.33 Å². The van der Waals surface area contributed by atoms with E-state index in [1.807, 2.05) is 0 Å². The quantitative estimate of drug-likeness (QED) is 0.740. The molecule has 0 fully saturated rings. The van der Waals surface area contributed by atoms with Crippen LogP contribution in [0.4, 0.5) is 0 Å². The van der Waals surface area contributed by atoms with Crippen molar-refractivity contribution in [2.24, 2.45) is 7.05 Å². The molecule has 0 spiro atoms. The summed E-state index contributed by atoms with van der Waals surface area (Å²) < 4.78 is 3.00. The van der Waals surface area contributed by atoms with Crippen LogP contribution in [0.1, 0.15) is 26.7 Å². The Kier molecular flexibility index (Phi) is 4.55. The van der Waals surface area contributed by atoms with Crippen LogP contribution in [0.2, 0.25) is 0 Å². The topological polar surface area (TPSA) is 51.9 Å². The fraction of sp³-hybridized carbons (Fsp3) is 0.800. The van der Waals surface area contributed by atoms with Gasteiger partial charge < -0.3 is 5.32 Å². The maximum atomic E-state index is 11.5. The van der Waals surface area contributed by atoms with Crippen molar-refractivity contribution in [3.63, 3.8) is 0 Å². The SMILES string of the molecule is CCCNC(CC)Cn1ncn(C)c1=O. The number of aryl methyl sites for hydroxylation is 1. The van der Waals surface area contributed by atoms with Gasteiger partial charge in [0.05, 0.1) is 6.54 Å². The third-order valence-corrected chi connectivity index (χ3v) is 2.46. The van der Waals surface area contributed by atoms with E-state index >= 15 is 0 Å². The van der Waals surface area contributed by atoms with Crippen LogP contribution in [-0.4, -0.2) is 26.9 Å². The van der Waals surface area contributed by atoms with Gasteiger partial charge in [0, 0.05) is 13.1 Å². The van der Waals surface area contributed by atoms with Crippen molar-refractivity contribution in [3.8, 4) is 0 Å². The summed E-state index contributed by atoms with van der Waals surface area (Å²) in [6, 6.07) is 0.331. The Bertz CT molecular complexity index is 341. The fourth-order valence-corrected chi connectivity index (χ4v) is 1.44. The lowest BCUT2D eigenvalue weighted by Crippen LogP contribution is -2.37. The van der Waals surface area contributed by atoms with E-state index in [1.165, 1.54) is 9.25 Å². The molecule has 0 aliphatic carbocycles. The molecule has 1 N–H and O–H groups in total. The number of hydrogen-bond donors (Lipinski definition) is 1. The van der Waals surface area contributed by atoms with Gasteiger partial charge in [-0.25, -0.2) is 9.48 Å². The molecule has 1 rings (SSSR count). The molecule has 5 nitrogen and oxygen atoms in total. The first-order chi connectivity index (χ1) is 7.19. The molecule has 0 bridgehead atoms. The summed E-state index contributed by atoms with van der Waals surface area (Å²) in [6.45, 7) is 5.88. The van der Waals surface area contributed by atoms with E-state index in [9.17, 15) is 4.79 Å². The van der Waals surface area contributed by atoms with Crippen molar-refractivity contribution in [1.29, 1.82) is 0 Å². The van der Waals surface area contributed by atoms with E-state index in [0.717, 1.165) is 19.4 Å². The predicted molar refractivity (Wildman–Crippen MR) is 59.8 cm³/mol. The molecule has 0 aliphatic rings. The van der Waals surface area contributed by atoms with E-state index in [2.05, 4.69) is 24.3 Å². The minimum absolute atomic E-state index is 0.0493. The highest BCUT2D eigenvalue weighted by Crippen LogP contribution is 1.93. The van der Waals surface area contributed by atoms with Crippen LogP contribution < -0.4 is 11.0 Å². The molecule has 86 valence electrons. The highest BCUT2D eigenvalue weighted by Gasteiger charge is 2.09. The standard InChI is InChI=1S/C10H20N4O/c1-4-6-11-9(5-2)7-14-10(15)13(3)8-12-14/h8-9,11H,4-7H2,1-3H3. The normalized spacial score (nSPS) is 13.0. The molecule has 5 heteroatoms. The Hall–Kier alpha value is -1.10. The summed E-state index contributed by atoms with van der Waals surface area (Å²) in [4.78, 5) is 11.5. The summed E-state index contributed by atoms with van der Waals surface area (Å²) in [7, 11) is 1.71. The first-order valence-electron chi connectivity index (χ1n) is 5.50. The van der Waals surface area contributed by atoms with Gasteiger partial charge in [0.15, 0.2) is 0 Å². The van der Waals surface area contributed by atoms with E-state index in [-0.39, 0.29) is 5.69 Å². The Balaban J connectivity index is 2.58.